The summed E-state index contributed by atoms with van der Waals surface area (Å²) in [4.78, 5) is 4.65. The van der Waals surface area contributed by atoms with E-state index in [4.69, 9.17) is 4.74 Å². The minimum Gasteiger partial charge on any atom is -0.495 e. The molecule has 0 spiro atoms. The predicted octanol–water partition coefficient (Wildman–Crippen LogP) is 4.10. The van der Waals surface area contributed by atoms with Crippen molar-refractivity contribution in [1.29, 1.82) is 0 Å². The number of hydrogen-bond donors (Lipinski definition) is 1. The molecule has 3 nitrogen and oxygen atoms in total. The highest BCUT2D eigenvalue weighted by atomic mass is 16.5. The second kappa shape index (κ2) is 7.07. The maximum absolute atomic E-state index is 5.55. The van der Waals surface area contributed by atoms with E-state index in [1.54, 1.807) is 7.11 Å². The van der Waals surface area contributed by atoms with Crippen molar-refractivity contribution in [3.63, 3.8) is 0 Å². The Kier molecular flexibility index (Phi) is 5.41. The van der Waals surface area contributed by atoms with Crippen LogP contribution in [0.5, 0.6) is 5.75 Å². The number of nitrogens with one attached hydrogen (secondary N) is 1. The summed E-state index contributed by atoms with van der Waals surface area (Å²) in [7, 11) is 1.74. The first-order valence-corrected chi connectivity index (χ1v) is 7.99. The number of aromatic nitrogens is 1. The SMILES string of the molecule is CCCNC(c1ncccc1OC)C1(CC)CCCC1. The molecular formula is C17H28N2O. The molecule has 1 unspecified atom stereocenters. The predicted molar refractivity (Wildman–Crippen MR) is 83.0 cm³/mol. The van der Waals surface area contributed by atoms with Crippen LogP contribution in [0.1, 0.15) is 64.1 Å². The van der Waals surface area contributed by atoms with Crippen LogP contribution in [0.15, 0.2) is 18.3 Å². The summed E-state index contributed by atoms with van der Waals surface area (Å²) in [6.07, 6.45) is 9.51. The second-order valence-electron chi connectivity index (χ2n) is 5.90. The van der Waals surface area contributed by atoms with Gasteiger partial charge in [-0.05, 0) is 49.8 Å². The summed E-state index contributed by atoms with van der Waals surface area (Å²) in [6.45, 7) is 5.57. The van der Waals surface area contributed by atoms with Crippen molar-refractivity contribution in [2.45, 2.75) is 58.4 Å². The Hall–Kier alpha value is -1.09. The van der Waals surface area contributed by atoms with Crippen LogP contribution in [-0.2, 0) is 0 Å². The molecule has 0 aromatic carbocycles. The topological polar surface area (TPSA) is 34.2 Å². The van der Waals surface area contributed by atoms with Gasteiger partial charge >= 0.3 is 0 Å². The number of nitrogens with zero attached hydrogens (tertiary/aromatic N) is 1. The summed E-state index contributed by atoms with van der Waals surface area (Å²) in [6, 6.07) is 4.29. The monoisotopic (exact) mass is 276 g/mol. The van der Waals surface area contributed by atoms with Gasteiger partial charge in [0.25, 0.3) is 0 Å². The molecule has 0 saturated heterocycles. The average molecular weight is 276 g/mol. The Balaban J connectivity index is 2.35. The molecular weight excluding hydrogens is 248 g/mol. The Morgan fingerprint density at radius 2 is 2.10 bits per heavy atom. The quantitative estimate of drug-likeness (QED) is 0.814. The van der Waals surface area contributed by atoms with Crippen LogP contribution in [0, 0.1) is 5.41 Å². The zero-order valence-corrected chi connectivity index (χ0v) is 13.1. The molecule has 3 heteroatoms. The highest BCUT2D eigenvalue weighted by Gasteiger charge is 2.42. The number of pyridine rings is 1. The van der Waals surface area contributed by atoms with E-state index < -0.39 is 0 Å². The van der Waals surface area contributed by atoms with Crippen LogP contribution in [0.4, 0.5) is 0 Å². The second-order valence-corrected chi connectivity index (χ2v) is 5.90. The van der Waals surface area contributed by atoms with Gasteiger partial charge in [0.05, 0.1) is 18.8 Å². The van der Waals surface area contributed by atoms with E-state index in [1.807, 2.05) is 18.3 Å². The van der Waals surface area contributed by atoms with Gasteiger partial charge in [0.1, 0.15) is 5.75 Å². The summed E-state index contributed by atoms with van der Waals surface area (Å²) >= 11 is 0. The molecule has 1 heterocycles. The third kappa shape index (κ3) is 2.98. The van der Waals surface area contributed by atoms with Gasteiger partial charge < -0.3 is 10.1 Å². The molecule has 1 aliphatic carbocycles. The molecule has 20 heavy (non-hydrogen) atoms. The fourth-order valence-electron chi connectivity index (χ4n) is 3.61. The first kappa shape index (κ1) is 15.3. The van der Waals surface area contributed by atoms with Gasteiger partial charge in [-0.25, -0.2) is 0 Å². The molecule has 1 saturated carbocycles. The molecule has 0 amide bonds. The highest BCUT2D eigenvalue weighted by Crippen LogP contribution is 2.50. The van der Waals surface area contributed by atoms with E-state index in [1.165, 1.54) is 32.1 Å². The Bertz CT molecular complexity index is 413. The van der Waals surface area contributed by atoms with Gasteiger partial charge in [-0.15, -0.1) is 0 Å². The fraction of sp³-hybridized carbons (Fsp3) is 0.706. The molecule has 2 rings (SSSR count). The first-order chi connectivity index (χ1) is 9.77. The normalized spacial score (nSPS) is 18.9. The van der Waals surface area contributed by atoms with Crippen molar-refractivity contribution in [1.82, 2.24) is 10.3 Å². The molecule has 1 aliphatic rings. The molecule has 0 radical (unpaired) electrons. The van der Waals surface area contributed by atoms with Crippen LogP contribution < -0.4 is 10.1 Å². The smallest absolute Gasteiger partial charge is 0.142 e. The Morgan fingerprint density at radius 3 is 2.70 bits per heavy atom. The maximum Gasteiger partial charge on any atom is 0.142 e. The molecule has 0 bridgehead atoms. The van der Waals surface area contributed by atoms with E-state index in [-0.39, 0.29) is 0 Å². The Labute approximate surface area is 123 Å². The van der Waals surface area contributed by atoms with E-state index in [9.17, 15) is 0 Å². The number of methoxy groups -OCH3 is 1. The molecule has 112 valence electrons. The summed E-state index contributed by atoms with van der Waals surface area (Å²) in [5.41, 5.74) is 1.43. The van der Waals surface area contributed by atoms with E-state index in [2.05, 4.69) is 24.1 Å². The molecule has 1 atom stereocenters. The van der Waals surface area contributed by atoms with Crippen molar-refractivity contribution in [2.75, 3.05) is 13.7 Å². The molecule has 0 aliphatic heterocycles. The van der Waals surface area contributed by atoms with Crippen molar-refractivity contribution < 1.29 is 4.74 Å². The van der Waals surface area contributed by atoms with Gasteiger partial charge in [-0.1, -0.05) is 26.7 Å². The minimum absolute atomic E-state index is 0.311. The van der Waals surface area contributed by atoms with Crippen molar-refractivity contribution in [2.24, 2.45) is 5.41 Å². The lowest BCUT2D eigenvalue weighted by Crippen LogP contribution is -2.37. The van der Waals surface area contributed by atoms with Gasteiger partial charge in [0, 0.05) is 6.20 Å². The van der Waals surface area contributed by atoms with Gasteiger partial charge in [0.2, 0.25) is 0 Å². The Morgan fingerprint density at radius 1 is 1.35 bits per heavy atom. The third-order valence-electron chi connectivity index (χ3n) is 4.81. The fourth-order valence-corrected chi connectivity index (χ4v) is 3.61. The van der Waals surface area contributed by atoms with Crippen LogP contribution >= 0.6 is 0 Å². The van der Waals surface area contributed by atoms with Crippen LogP contribution in [0.2, 0.25) is 0 Å². The molecule has 1 N–H and O–H groups in total. The van der Waals surface area contributed by atoms with Crippen LogP contribution in [0.3, 0.4) is 0 Å². The average Bonchev–Trinajstić information content (AvgIpc) is 2.98. The lowest BCUT2D eigenvalue weighted by atomic mass is 9.74. The van der Waals surface area contributed by atoms with Crippen LogP contribution in [-0.4, -0.2) is 18.6 Å². The standard InChI is InChI=1S/C17H28N2O/c1-4-12-19-16(17(5-2)10-6-7-11-17)15-14(20-3)9-8-13-18-15/h8-9,13,16,19H,4-7,10-12H2,1-3H3. The minimum atomic E-state index is 0.311. The van der Waals surface area contributed by atoms with Crippen molar-refractivity contribution in [3.05, 3.63) is 24.0 Å². The maximum atomic E-state index is 5.55. The number of rotatable bonds is 7. The summed E-state index contributed by atoms with van der Waals surface area (Å²) in [5.74, 6) is 0.917. The summed E-state index contributed by atoms with van der Waals surface area (Å²) < 4.78 is 5.55. The molecule has 1 aromatic rings. The zero-order chi connectivity index (χ0) is 14.4. The van der Waals surface area contributed by atoms with Gasteiger partial charge in [-0.3, -0.25) is 4.98 Å². The van der Waals surface area contributed by atoms with Crippen LogP contribution in [0.25, 0.3) is 0 Å². The van der Waals surface area contributed by atoms with E-state index in [0.717, 1.165) is 24.4 Å². The first-order valence-electron chi connectivity index (χ1n) is 7.99. The molecule has 1 fully saturated rings. The lowest BCUT2D eigenvalue weighted by Gasteiger charge is -2.37. The number of hydrogen-bond acceptors (Lipinski definition) is 3. The highest BCUT2D eigenvalue weighted by molar-refractivity contribution is 5.31. The summed E-state index contributed by atoms with van der Waals surface area (Å²) in [5, 5.41) is 3.75. The largest absolute Gasteiger partial charge is 0.495 e. The van der Waals surface area contributed by atoms with Gasteiger partial charge in [-0.2, -0.15) is 0 Å². The van der Waals surface area contributed by atoms with E-state index in [0.29, 0.717) is 11.5 Å². The number of ether oxygens (including phenoxy) is 1. The third-order valence-corrected chi connectivity index (χ3v) is 4.81. The van der Waals surface area contributed by atoms with Crippen molar-refractivity contribution in [3.8, 4) is 5.75 Å². The zero-order valence-electron chi connectivity index (χ0n) is 13.1. The molecule has 1 aromatic heterocycles. The van der Waals surface area contributed by atoms with Crippen molar-refractivity contribution >= 4 is 0 Å². The van der Waals surface area contributed by atoms with E-state index >= 15 is 0 Å². The lowest BCUT2D eigenvalue weighted by molar-refractivity contribution is 0.180. The van der Waals surface area contributed by atoms with Gasteiger partial charge in [0.15, 0.2) is 0 Å².